The van der Waals surface area contributed by atoms with Gasteiger partial charge in [-0.05, 0) is 17.9 Å². The molecule has 0 amide bonds. The second kappa shape index (κ2) is 5.94. The van der Waals surface area contributed by atoms with Crippen molar-refractivity contribution in [3.8, 4) is 5.75 Å². The van der Waals surface area contributed by atoms with E-state index in [9.17, 15) is 0 Å². The molecule has 0 spiro atoms. The van der Waals surface area contributed by atoms with Crippen molar-refractivity contribution in [2.75, 3.05) is 7.11 Å². The quantitative estimate of drug-likeness (QED) is 0.609. The van der Waals surface area contributed by atoms with Crippen molar-refractivity contribution in [2.45, 2.75) is 25.9 Å². The number of aryl methyl sites for hydroxylation is 1. The number of ether oxygens (including phenoxy) is 1. The smallest absolute Gasteiger partial charge is 0.134 e. The maximum Gasteiger partial charge on any atom is 0.134 e. The number of methoxy groups -OCH3 is 1. The van der Waals surface area contributed by atoms with Crippen LogP contribution in [0.5, 0.6) is 5.75 Å². The Bertz CT molecular complexity index is 495. The van der Waals surface area contributed by atoms with Gasteiger partial charge in [-0.3, -0.25) is 5.84 Å². The minimum Gasteiger partial charge on any atom is -0.496 e. The van der Waals surface area contributed by atoms with Crippen molar-refractivity contribution in [1.29, 1.82) is 0 Å². The van der Waals surface area contributed by atoms with E-state index in [1.165, 1.54) is 0 Å². The Morgan fingerprint density at radius 1 is 1.61 bits per heavy atom. The van der Waals surface area contributed by atoms with Crippen molar-refractivity contribution in [1.82, 2.24) is 20.4 Å². The standard InChI is InChI=1S/C11H17N5OS/c1-3-5-16-8(7-13-15-16)10(14-12)11-9(17-2)4-6-18-11/h4,6-7,10,14H,3,5,12H2,1-2H3. The fourth-order valence-electron chi connectivity index (χ4n) is 1.86. The number of hydrogen-bond donors (Lipinski definition) is 2. The van der Waals surface area contributed by atoms with Crippen LogP contribution >= 0.6 is 11.3 Å². The number of hydrogen-bond acceptors (Lipinski definition) is 6. The van der Waals surface area contributed by atoms with E-state index in [-0.39, 0.29) is 6.04 Å². The zero-order valence-corrected chi connectivity index (χ0v) is 11.3. The van der Waals surface area contributed by atoms with Crippen molar-refractivity contribution in [3.63, 3.8) is 0 Å². The normalized spacial score (nSPS) is 12.6. The van der Waals surface area contributed by atoms with Crippen LogP contribution in [-0.4, -0.2) is 22.1 Å². The lowest BCUT2D eigenvalue weighted by Gasteiger charge is -2.16. The maximum absolute atomic E-state index is 5.68. The Morgan fingerprint density at radius 2 is 2.44 bits per heavy atom. The molecule has 2 rings (SSSR count). The summed E-state index contributed by atoms with van der Waals surface area (Å²) >= 11 is 1.60. The first-order valence-corrected chi connectivity index (χ1v) is 6.65. The minimum atomic E-state index is -0.151. The molecule has 2 aromatic rings. The second-order valence-corrected chi connectivity index (χ2v) is 4.78. The summed E-state index contributed by atoms with van der Waals surface area (Å²) in [5.74, 6) is 6.50. The van der Waals surface area contributed by atoms with Gasteiger partial charge in [-0.2, -0.15) is 0 Å². The number of hydrazine groups is 1. The van der Waals surface area contributed by atoms with Gasteiger partial charge in [0.25, 0.3) is 0 Å². The molecule has 18 heavy (non-hydrogen) atoms. The molecule has 0 saturated carbocycles. The molecule has 3 N–H and O–H groups in total. The predicted octanol–water partition coefficient (Wildman–Crippen LogP) is 1.31. The van der Waals surface area contributed by atoms with Crippen molar-refractivity contribution in [2.24, 2.45) is 5.84 Å². The first-order valence-electron chi connectivity index (χ1n) is 5.77. The van der Waals surface area contributed by atoms with Crippen LogP contribution in [0.4, 0.5) is 0 Å². The number of nitrogens with two attached hydrogens (primary N) is 1. The molecule has 0 radical (unpaired) electrons. The number of nitrogens with zero attached hydrogens (tertiary/aromatic N) is 3. The highest BCUT2D eigenvalue weighted by Gasteiger charge is 2.22. The molecule has 0 aliphatic rings. The van der Waals surface area contributed by atoms with Gasteiger partial charge in [0.1, 0.15) is 11.8 Å². The fourth-order valence-corrected chi connectivity index (χ4v) is 2.79. The van der Waals surface area contributed by atoms with Gasteiger partial charge in [0.15, 0.2) is 0 Å². The SMILES string of the molecule is CCCn1nncc1C(NN)c1sccc1OC. The van der Waals surface area contributed by atoms with Crippen LogP contribution in [0.1, 0.15) is 30.0 Å². The van der Waals surface area contributed by atoms with Gasteiger partial charge in [0.2, 0.25) is 0 Å². The van der Waals surface area contributed by atoms with Crippen molar-refractivity contribution >= 4 is 11.3 Å². The van der Waals surface area contributed by atoms with Gasteiger partial charge in [0.05, 0.1) is 23.9 Å². The van der Waals surface area contributed by atoms with Crippen LogP contribution in [0.15, 0.2) is 17.6 Å². The average molecular weight is 267 g/mol. The van der Waals surface area contributed by atoms with Gasteiger partial charge in [0, 0.05) is 6.54 Å². The first kappa shape index (κ1) is 13.0. The molecule has 1 atom stereocenters. The molecular weight excluding hydrogens is 250 g/mol. The molecule has 0 aromatic carbocycles. The molecule has 0 saturated heterocycles. The third kappa shape index (κ3) is 2.38. The van der Waals surface area contributed by atoms with E-state index >= 15 is 0 Å². The zero-order valence-electron chi connectivity index (χ0n) is 10.5. The Labute approximate surface area is 110 Å². The van der Waals surface area contributed by atoms with Crippen molar-refractivity contribution < 1.29 is 4.74 Å². The van der Waals surface area contributed by atoms with Gasteiger partial charge in [-0.1, -0.05) is 12.1 Å². The summed E-state index contributed by atoms with van der Waals surface area (Å²) in [6.07, 6.45) is 2.73. The summed E-state index contributed by atoms with van der Waals surface area (Å²) in [7, 11) is 1.65. The van der Waals surface area contributed by atoms with Gasteiger partial charge < -0.3 is 4.74 Å². The highest BCUT2D eigenvalue weighted by atomic mass is 32.1. The topological polar surface area (TPSA) is 78.0 Å². The highest BCUT2D eigenvalue weighted by Crippen LogP contribution is 2.33. The first-order chi connectivity index (χ1) is 8.81. The van der Waals surface area contributed by atoms with E-state index in [0.29, 0.717) is 0 Å². The minimum absolute atomic E-state index is 0.151. The van der Waals surface area contributed by atoms with Crippen LogP contribution < -0.4 is 16.0 Å². The van der Waals surface area contributed by atoms with Crippen LogP contribution in [0.25, 0.3) is 0 Å². The molecular formula is C11H17N5OS. The fraction of sp³-hybridized carbons (Fsp3) is 0.455. The molecule has 0 aliphatic carbocycles. The highest BCUT2D eigenvalue weighted by molar-refractivity contribution is 7.10. The summed E-state index contributed by atoms with van der Waals surface area (Å²) < 4.78 is 7.20. The number of nitrogens with one attached hydrogen (secondary N) is 1. The third-order valence-corrected chi connectivity index (χ3v) is 3.65. The van der Waals surface area contributed by atoms with E-state index in [1.54, 1.807) is 24.6 Å². The molecule has 98 valence electrons. The largest absolute Gasteiger partial charge is 0.496 e. The van der Waals surface area contributed by atoms with Crippen molar-refractivity contribution in [3.05, 3.63) is 28.2 Å². The average Bonchev–Trinajstić information content (AvgIpc) is 3.01. The van der Waals surface area contributed by atoms with Crippen LogP contribution in [0.2, 0.25) is 0 Å². The van der Waals surface area contributed by atoms with Crippen LogP contribution in [0, 0.1) is 0 Å². The Kier molecular flexibility index (Phi) is 4.29. The van der Waals surface area contributed by atoms with E-state index < -0.39 is 0 Å². The summed E-state index contributed by atoms with van der Waals surface area (Å²) in [6, 6.07) is 1.78. The van der Waals surface area contributed by atoms with Gasteiger partial charge >= 0.3 is 0 Å². The van der Waals surface area contributed by atoms with E-state index in [4.69, 9.17) is 10.6 Å². The third-order valence-electron chi connectivity index (χ3n) is 2.68. The monoisotopic (exact) mass is 267 g/mol. The second-order valence-electron chi connectivity index (χ2n) is 3.83. The summed E-state index contributed by atoms with van der Waals surface area (Å²) in [6.45, 7) is 2.92. The van der Waals surface area contributed by atoms with E-state index in [2.05, 4.69) is 22.7 Å². The molecule has 0 aliphatic heterocycles. The zero-order chi connectivity index (χ0) is 13.0. The Morgan fingerprint density at radius 3 is 3.11 bits per heavy atom. The summed E-state index contributed by atoms with van der Waals surface area (Å²) in [5.41, 5.74) is 3.75. The number of rotatable bonds is 6. The van der Waals surface area contributed by atoms with Crippen LogP contribution in [0.3, 0.4) is 0 Å². The van der Waals surface area contributed by atoms with Crippen LogP contribution in [-0.2, 0) is 6.54 Å². The lowest BCUT2D eigenvalue weighted by atomic mass is 10.2. The molecule has 0 bridgehead atoms. The number of thiophene rings is 1. The van der Waals surface area contributed by atoms with Gasteiger partial charge in [-0.15, -0.1) is 16.4 Å². The molecule has 2 heterocycles. The number of aromatic nitrogens is 3. The Balaban J connectivity index is 2.36. The van der Waals surface area contributed by atoms with E-state index in [0.717, 1.165) is 29.3 Å². The van der Waals surface area contributed by atoms with Gasteiger partial charge in [-0.25, -0.2) is 10.1 Å². The molecule has 1 unspecified atom stereocenters. The summed E-state index contributed by atoms with van der Waals surface area (Å²) in [5, 5.41) is 10.0. The lowest BCUT2D eigenvalue weighted by molar-refractivity contribution is 0.405. The molecule has 0 fully saturated rings. The summed E-state index contributed by atoms with van der Waals surface area (Å²) in [4.78, 5) is 1.03. The molecule has 7 heteroatoms. The Hall–Kier alpha value is -1.44. The molecule has 6 nitrogen and oxygen atoms in total. The lowest BCUT2D eigenvalue weighted by Crippen LogP contribution is -2.30. The molecule has 2 aromatic heterocycles. The maximum atomic E-state index is 5.68. The van der Waals surface area contributed by atoms with E-state index in [1.807, 2.05) is 16.1 Å². The predicted molar refractivity (Wildman–Crippen MR) is 70.4 cm³/mol.